The number of hydrogen-bond acceptors (Lipinski definition) is 2. The van der Waals surface area contributed by atoms with E-state index in [0.717, 1.165) is 28.6 Å². The van der Waals surface area contributed by atoms with E-state index in [-0.39, 0.29) is 29.6 Å². The Hall–Kier alpha value is -1.07. The molecule has 1 amide bonds. The van der Waals surface area contributed by atoms with Gasteiger partial charge in [0.1, 0.15) is 5.75 Å². The molecule has 2 rings (SSSR count). The normalized spacial score (nSPS) is 20.1. The van der Waals surface area contributed by atoms with Crippen LogP contribution in [0.25, 0.3) is 0 Å². The molecule has 1 fully saturated rings. The third kappa shape index (κ3) is 5.50. The van der Waals surface area contributed by atoms with Crippen LogP contribution in [0.5, 0.6) is 5.75 Å². The average Bonchev–Trinajstić information content (AvgIpc) is 2.33. The third-order valence-corrected chi connectivity index (χ3v) is 4.68. The lowest BCUT2D eigenvalue weighted by molar-refractivity contribution is -0.787. The van der Waals surface area contributed by atoms with E-state index < -0.39 is 0 Å². The lowest BCUT2D eigenvalue weighted by Crippen LogP contribution is -3.06. The summed E-state index contributed by atoms with van der Waals surface area (Å²) in [6.07, 6.45) is 1.94. The summed E-state index contributed by atoms with van der Waals surface area (Å²) >= 11 is 3.43. The van der Waals surface area contributed by atoms with E-state index in [1.165, 1.54) is 0 Å². The number of rotatable bonds is 4. The SMILES string of the molecule is Cc1cc(Br)ccc1OCC(=O)NC1CC(C)(C)[NH2+]C(C)(C)C1. The highest BCUT2D eigenvalue weighted by Crippen LogP contribution is 2.23. The number of halogens is 1. The number of ether oxygens (including phenoxy) is 1. The van der Waals surface area contributed by atoms with Gasteiger partial charge < -0.3 is 15.4 Å². The van der Waals surface area contributed by atoms with Gasteiger partial charge in [-0.3, -0.25) is 4.79 Å². The molecule has 1 aliphatic heterocycles. The molecule has 1 saturated heterocycles. The molecule has 1 aromatic rings. The van der Waals surface area contributed by atoms with E-state index in [1.54, 1.807) is 0 Å². The molecular weight excluding hydrogens is 356 g/mol. The average molecular weight is 384 g/mol. The number of quaternary nitrogens is 1. The molecule has 5 heteroatoms. The van der Waals surface area contributed by atoms with Gasteiger partial charge in [-0.25, -0.2) is 0 Å². The molecule has 1 aromatic carbocycles. The van der Waals surface area contributed by atoms with Crippen molar-refractivity contribution in [3.8, 4) is 5.75 Å². The zero-order valence-corrected chi connectivity index (χ0v) is 16.3. The molecule has 0 spiro atoms. The van der Waals surface area contributed by atoms with Gasteiger partial charge in [-0.05, 0) is 58.4 Å². The van der Waals surface area contributed by atoms with Crippen LogP contribution in [0.3, 0.4) is 0 Å². The number of nitrogens with two attached hydrogens (primary N) is 1. The van der Waals surface area contributed by atoms with Gasteiger partial charge in [-0.1, -0.05) is 15.9 Å². The van der Waals surface area contributed by atoms with E-state index in [1.807, 2.05) is 25.1 Å². The molecule has 1 aliphatic rings. The molecule has 0 aromatic heterocycles. The molecule has 23 heavy (non-hydrogen) atoms. The van der Waals surface area contributed by atoms with Gasteiger partial charge in [-0.2, -0.15) is 0 Å². The minimum Gasteiger partial charge on any atom is -0.484 e. The number of hydrogen-bond donors (Lipinski definition) is 2. The van der Waals surface area contributed by atoms with Crippen LogP contribution in [0, 0.1) is 6.92 Å². The van der Waals surface area contributed by atoms with Gasteiger partial charge in [0.2, 0.25) is 0 Å². The minimum absolute atomic E-state index is 0.0502. The van der Waals surface area contributed by atoms with Gasteiger partial charge in [0.25, 0.3) is 5.91 Å². The summed E-state index contributed by atoms with van der Waals surface area (Å²) in [5.74, 6) is 0.701. The van der Waals surface area contributed by atoms with Crippen molar-refractivity contribution >= 4 is 21.8 Å². The summed E-state index contributed by atoms with van der Waals surface area (Å²) in [6.45, 7) is 11.0. The second-order valence-corrected chi connectivity index (χ2v) is 8.91. The topological polar surface area (TPSA) is 54.9 Å². The number of amides is 1. The first-order chi connectivity index (χ1) is 10.6. The van der Waals surface area contributed by atoms with Crippen molar-refractivity contribution in [2.75, 3.05) is 6.61 Å². The molecule has 3 N–H and O–H groups in total. The quantitative estimate of drug-likeness (QED) is 0.838. The third-order valence-electron chi connectivity index (χ3n) is 4.19. The Bertz CT molecular complexity index is 568. The number of nitrogens with one attached hydrogen (secondary N) is 1. The Balaban J connectivity index is 1.89. The van der Waals surface area contributed by atoms with Gasteiger partial charge in [0.15, 0.2) is 6.61 Å². The summed E-state index contributed by atoms with van der Waals surface area (Å²) in [6, 6.07) is 5.98. The van der Waals surface area contributed by atoms with Gasteiger partial charge in [0, 0.05) is 23.4 Å². The lowest BCUT2D eigenvalue weighted by Gasteiger charge is -2.43. The summed E-state index contributed by atoms with van der Waals surface area (Å²) in [7, 11) is 0. The first-order valence-corrected chi connectivity index (χ1v) is 8.91. The molecule has 128 valence electrons. The van der Waals surface area contributed by atoms with Crippen LogP contribution in [-0.2, 0) is 4.79 Å². The Morgan fingerprint density at radius 1 is 1.30 bits per heavy atom. The van der Waals surface area contributed by atoms with Crippen LogP contribution in [-0.4, -0.2) is 29.6 Å². The number of piperidine rings is 1. The van der Waals surface area contributed by atoms with Crippen LogP contribution in [0.1, 0.15) is 46.1 Å². The monoisotopic (exact) mass is 383 g/mol. The van der Waals surface area contributed by atoms with Crippen molar-refractivity contribution in [3.05, 3.63) is 28.2 Å². The smallest absolute Gasteiger partial charge is 0.258 e. The molecular formula is C18H28BrN2O2+. The maximum Gasteiger partial charge on any atom is 0.258 e. The van der Waals surface area contributed by atoms with Crippen molar-refractivity contribution in [1.29, 1.82) is 0 Å². The molecule has 0 radical (unpaired) electrons. The lowest BCUT2D eigenvalue weighted by atomic mass is 9.79. The van der Waals surface area contributed by atoms with Crippen molar-refractivity contribution in [3.63, 3.8) is 0 Å². The molecule has 0 unspecified atom stereocenters. The Morgan fingerprint density at radius 3 is 2.48 bits per heavy atom. The molecule has 0 saturated carbocycles. The predicted molar refractivity (Wildman–Crippen MR) is 95.6 cm³/mol. The summed E-state index contributed by atoms with van der Waals surface area (Å²) in [4.78, 5) is 12.2. The van der Waals surface area contributed by atoms with Crippen LogP contribution < -0.4 is 15.4 Å². The molecule has 0 aliphatic carbocycles. The Kier molecular flexibility index (Phi) is 5.41. The maximum absolute atomic E-state index is 12.2. The van der Waals surface area contributed by atoms with E-state index in [4.69, 9.17) is 4.74 Å². The summed E-state index contributed by atoms with van der Waals surface area (Å²) in [5.41, 5.74) is 1.30. The van der Waals surface area contributed by atoms with Crippen LogP contribution in [0.15, 0.2) is 22.7 Å². The van der Waals surface area contributed by atoms with E-state index in [0.29, 0.717) is 0 Å². The highest BCUT2D eigenvalue weighted by molar-refractivity contribution is 9.10. The Labute approximate surface area is 147 Å². The molecule has 0 bridgehead atoms. The first-order valence-electron chi connectivity index (χ1n) is 8.12. The minimum atomic E-state index is -0.0502. The highest BCUT2D eigenvalue weighted by atomic mass is 79.9. The summed E-state index contributed by atoms with van der Waals surface area (Å²) in [5, 5.41) is 5.55. The number of carbonyl (C=O) groups is 1. The van der Waals surface area contributed by atoms with Crippen LogP contribution in [0.4, 0.5) is 0 Å². The van der Waals surface area contributed by atoms with E-state index >= 15 is 0 Å². The summed E-state index contributed by atoms with van der Waals surface area (Å²) < 4.78 is 6.67. The predicted octanol–water partition coefficient (Wildman–Crippen LogP) is 2.54. The second kappa shape index (κ2) is 6.81. The van der Waals surface area contributed by atoms with Gasteiger partial charge in [-0.15, -0.1) is 0 Å². The Morgan fingerprint density at radius 2 is 1.91 bits per heavy atom. The second-order valence-electron chi connectivity index (χ2n) is 7.99. The van der Waals surface area contributed by atoms with Crippen LogP contribution in [0.2, 0.25) is 0 Å². The zero-order valence-electron chi connectivity index (χ0n) is 14.7. The molecule has 4 nitrogen and oxygen atoms in total. The highest BCUT2D eigenvalue weighted by Gasteiger charge is 2.42. The molecule has 1 heterocycles. The van der Waals surface area contributed by atoms with Crippen molar-refractivity contribution < 1.29 is 14.8 Å². The fourth-order valence-electron chi connectivity index (χ4n) is 3.81. The largest absolute Gasteiger partial charge is 0.484 e. The zero-order chi connectivity index (χ0) is 17.3. The first kappa shape index (κ1) is 18.3. The van der Waals surface area contributed by atoms with E-state index in [2.05, 4.69) is 54.3 Å². The maximum atomic E-state index is 12.2. The van der Waals surface area contributed by atoms with Gasteiger partial charge in [0.05, 0.1) is 11.1 Å². The molecule has 0 atom stereocenters. The van der Waals surface area contributed by atoms with Gasteiger partial charge >= 0.3 is 0 Å². The fourth-order valence-corrected chi connectivity index (χ4v) is 4.28. The number of aryl methyl sites for hydroxylation is 1. The number of benzene rings is 1. The van der Waals surface area contributed by atoms with Crippen molar-refractivity contribution in [1.82, 2.24) is 5.32 Å². The van der Waals surface area contributed by atoms with E-state index in [9.17, 15) is 4.79 Å². The van der Waals surface area contributed by atoms with Crippen LogP contribution >= 0.6 is 15.9 Å². The number of carbonyl (C=O) groups excluding carboxylic acids is 1. The van der Waals surface area contributed by atoms with Crippen molar-refractivity contribution in [2.45, 2.75) is 64.6 Å². The standard InChI is InChI=1S/C18H27BrN2O2/c1-12-8-13(19)6-7-15(12)23-11-16(22)20-14-9-17(2,3)21-18(4,5)10-14/h6-8,14,21H,9-11H2,1-5H3,(H,20,22)/p+1. The fraction of sp³-hybridized carbons (Fsp3) is 0.611. The van der Waals surface area contributed by atoms with Crippen molar-refractivity contribution in [2.24, 2.45) is 0 Å².